The number of amides is 1. The standard InChI is InChI=1S/C22H18Br2ClNO3S/c1-12(14-6-8-15(9-7-14)22(28)29-2)26-21(27)18-17(19(23)30-20(18)24)11-13-4-3-5-16(25)10-13/h3-10,12H,11H2,1-2H3,(H,26,27)/t12-/m0/s1. The van der Waals surface area contributed by atoms with Gasteiger partial charge in [0.15, 0.2) is 0 Å². The van der Waals surface area contributed by atoms with Crippen LogP contribution >= 0.6 is 54.8 Å². The zero-order chi connectivity index (χ0) is 21.8. The van der Waals surface area contributed by atoms with Crippen LogP contribution in [0.5, 0.6) is 0 Å². The van der Waals surface area contributed by atoms with Crippen molar-refractivity contribution in [1.29, 1.82) is 0 Å². The van der Waals surface area contributed by atoms with E-state index in [2.05, 4.69) is 37.2 Å². The van der Waals surface area contributed by atoms with Gasteiger partial charge in [0.1, 0.15) is 0 Å². The summed E-state index contributed by atoms with van der Waals surface area (Å²) in [4.78, 5) is 24.7. The highest BCUT2D eigenvalue weighted by molar-refractivity contribution is 9.12. The fraction of sp³-hybridized carbons (Fsp3) is 0.182. The average molecular weight is 572 g/mol. The Morgan fingerprint density at radius 1 is 1.13 bits per heavy atom. The monoisotopic (exact) mass is 569 g/mol. The quantitative estimate of drug-likeness (QED) is 0.331. The number of nitrogens with one attached hydrogen (secondary N) is 1. The van der Waals surface area contributed by atoms with Crippen molar-refractivity contribution in [2.75, 3.05) is 7.11 Å². The summed E-state index contributed by atoms with van der Waals surface area (Å²) in [5.41, 5.74) is 3.88. The van der Waals surface area contributed by atoms with Crippen molar-refractivity contribution >= 4 is 66.7 Å². The summed E-state index contributed by atoms with van der Waals surface area (Å²) in [7, 11) is 1.34. The number of ether oxygens (including phenoxy) is 1. The Morgan fingerprint density at radius 3 is 2.47 bits per heavy atom. The largest absolute Gasteiger partial charge is 0.465 e. The number of esters is 1. The van der Waals surface area contributed by atoms with Crippen LogP contribution in [0.25, 0.3) is 0 Å². The van der Waals surface area contributed by atoms with Crippen LogP contribution in [0.3, 0.4) is 0 Å². The third-order valence-electron chi connectivity index (χ3n) is 4.59. The summed E-state index contributed by atoms with van der Waals surface area (Å²) in [5.74, 6) is -0.568. The molecule has 0 aliphatic rings. The number of thiophene rings is 1. The second-order valence-corrected chi connectivity index (χ2v) is 10.7. The number of carbonyl (C=O) groups excluding carboxylic acids is 2. The molecular weight excluding hydrogens is 554 g/mol. The Labute approximate surface area is 200 Å². The molecule has 0 saturated carbocycles. The molecular formula is C22H18Br2ClNO3S. The van der Waals surface area contributed by atoms with E-state index in [-0.39, 0.29) is 11.9 Å². The van der Waals surface area contributed by atoms with E-state index < -0.39 is 5.97 Å². The molecule has 1 heterocycles. The first-order valence-corrected chi connectivity index (χ1v) is 11.8. The van der Waals surface area contributed by atoms with E-state index in [4.69, 9.17) is 16.3 Å². The molecule has 4 nitrogen and oxygen atoms in total. The topological polar surface area (TPSA) is 55.4 Å². The normalized spacial score (nSPS) is 11.8. The van der Waals surface area contributed by atoms with Crippen molar-refractivity contribution < 1.29 is 14.3 Å². The van der Waals surface area contributed by atoms with Crippen molar-refractivity contribution in [3.05, 3.63) is 88.9 Å². The summed E-state index contributed by atoms with van der Waals surface area (Å²) in [6.07, 6.45) is 0.578. The van der Waals surface area contributed by atoms with Crippen LogP contribution in [0.4, 0.5) is 0 Å². The van der Waals surface area contributed by atoms with Crippen molar-refractivity contribution in [2.45, 2.75) is 19.4 Å². The molecule has 0 unspecified atom stereocenters. The number of rotatable bonds is 6. The molecule has 8 heteroatoms. The van der Waals surface area contributed by atoms with Gasteiger partial charge in [0.05, 0.1) is 31.9 Å². The molecule has 3 aromatic rings. The van der Waals surface area contributed by atoms with Crippen molar-refractivity contribution in [3.63, 3.8) is 0 Å². The Morgan fingerprint density at radius 2 is 1.83 bits per heavy atom. The minimum Gasteiger partial charge on any atom is -0.465 e. The van der Waals surface area contributed by atoms with Gasteiger partial charge in [0.2, 0.25) is 0 Å². The van der Waals surface area contributed by atoms with Gasteiger partial charge in [-0.15, -0.1) is 11.3 Å². The van der Waals surface area contributed by atoms with Crippen LogP contribution in [-0.4, -0.2) is 19.0 Å². The highest BCUT2D eigenvalue weighted by Crippen LogP contribution is 2.38. The van der Waals surface area contributed by atoms with E-state index in [1.165, 1.54) is 18.4 Å². The first-order chi connectivity index (χ1) is 14.3. The molecule has 1 N–H and O–H groups in total. The molecule has 1 atom stereocenters. The van der Waals surface area contributed by atoms with Gasteiger partial charge >= 0.3 is 5.97 Å². The molecule has 0 spiro atoms. The first kappa shape index (κ1) is 23.0. The van der Waals surface area contributed by atoms with Crippen LogP contribution in [0.1, 0.15) is 50.4 Å². The second-order valence-electron chi connectivity index (χ2n) is 6.62. The second kappa shape index (κ2) is 10.1. The van der Waals surface area contributed by atoms with E-state index in [1.807, 2.05) is 43.3 Å². The molecule has 3 rings (SSSR count). The molecule has 30 heavy (non-hydrogen) atoms. The number of carbonyl (C=O) groups is 2. The van der Waals surface area contributed by atoms with Crippen LogP contribution in [-0.2, 0) is 11.2 Å². The predicted molar refractivity (Wildman–Crippen MR) is 128 cm³/mol. The van der Waals surface area contributed by atoms with E-state index in [1.54, 1.807) is 12.1 Å². The van der Waals surface area contributed by atoms with Gasteiger partial charge in [-0.2, -0.15) is 0 Å². The molecule has 2 aromatic carbocycles. The minimum atomic E-state index is -0.393. The van der Waals surface area contributed by atoms with Crippen LogP contribution in [0.2, 0.25) is 5.02 Å². The average Bonchev–Trinajstić information content (AvgIpc) is 3.00. The predicted octanol–water partition coefficient (Wildman–Crippen LogP) is 6.79. The Kier molecular flexibility index (Phi) is 7.74. The lowest BCUT2D eigenvalue weighted by molar-refractivity contribution is 0.0600. The maximum atomic E-state index is 13.1. The summed E-state index contributed by atoms with van der Waals surface area (Å²) in [5, 5.41) is 3.70. The van der Waals surface area contributed by atoms with Gasteiger partial charge in [-0.3, -0.25) is 4.79 Å². The molecule has 1 aromatic heterocycles. The molecule has 0 saturated heterocycles. The molecule has 156 valence electrons. The van der Waals surface area contributed by atoms with E-state index in [9.17, 15) is 9.59 Å². The molecule has 0 aliphatic heterocycles. The van der Waals surface area contributed by atoms with Crippen LogP contribution in [0.15, 0.2) is 56.1 Å². The zero-order valence-corrected chi connectivity index (χ0v) is 20.9. The summed E-state index contributed by atoms with van der Waals surface area (Å²) < 4.78 is 6.38. The van der Waals surface area contributed by atoms with E-state index in [0.29, 0.717) is 22.6 Å². The molecule has 0 radical (unpaired) electrons. The number of benzene rings is 2. The van der Waals surface area contributed by atoms with Gasteiger partial charge in [0.25, 0.3) is 5.91 Å². The lowest BCUT2D eigenvalue weighted by atomic mass is 10.0. The van der Waals surface area contributed by atoms with Gasteiger partial charge in [-0.25, -0.2) is 4.79 Å². The van der Waals surface area contributed by atoms with E-state index in [0.717, 1.165) is 24.3 Å². The lowest BCUT2D eigenvalue weighted by Crippen LogP contribution is -2.27. The van der Waals surface area contributed by atoms with Gasteiger partial charge in [-0.1, -0.05) is 35.9 Å². The van der Waals surface area contributed by atoms with Gasteiger partial charge in [-0.05, 0) is 79.7 Å². The number of halogens is 3. The van der Waals surface area contributed by atoms with Crippen LogP contribution in [0, 0.1) is 0 Å². The highest BCUT2D eigenvalue weighted by Gasteiger charge is 2.23. The Hall–Kier alpha value is -1.67. The first-order valence-electron chi connectivity index (χ1n) is 9.00. The molecule has 1 amide bonds. The molecule has 0 aliphatic carbocycles. The van der Waals surface area contributed by atoms with Crippen molar-refractivity contribution in [3.8, 4) is 0 Å². The fourth-order valence-corrected chi connectivity index (χ4v) is 6.39. The lowest BCUT2D eigenvalue weighted by Gasteiger charge is -2.16. The molecule has 0 bridgehead atoms. The Bertz CT molecular complexity index is 1080. The van der Waals surface area contributed by atoms with E-state index >= 15 is 0 Å². The number of hydrogen-bond donors (Lipinski definition) is 1. The smallest absolute Gasteiger partial charge is 0.337 e. The third kappa shape index (κ3) is 5.32. The molecule has 0 fully saturated rings. The third-order valence-corrected chi connectivity index (χ3v) is 7.48. The number of hydrogen-bond acceptors (Lipinski definition) is 4. The van der Waals surface area contributed by atoms with Gasteiger partial charge in [0, 0.05) is 11.4 Å². The maximum Gasteiger partial charge on any atom is 0.337 e. The van der Waals surface area contributed by atoms with Crippen molar-refractivity contribution in [1.82, 2.24) is 5.32 Å². The highest BCUT2D eigenvalue weighted by atomic mass is 79.9. The van der Waals surface area contributed by atoms with Crippen LogP contribution < -0.4 is 5.32 Å². The summed E-state index contributed by atoms with van der Waals surface area (Å²) in [6, 6.07) is 14.3. The fourth-order valence-electron chi connectivity index (χ4n) is 3.02. The summed E-state index contributed by atoms with van der Waals surface area (Å²) in [6.45, 7) is 1.90. The SMILES string of the molecule is COC(=O)c1ccc([C@H](C)NC(=O)c2c(Br)sc(Br)c2Cc2cccc(Cl)c2)cc1. The minimum absolute atomic E-state index is 0.176. The van der Waals surface area contributed by atoms with Crippen molar-refractivity contribution in [2.24, 2.45) is 0 Å². The van der Waals surface area contributed by atoms with Gasteiger partial charge < -0.3 is 10.1 Å². The number of methoxy groups -OCH3 is 1. The zero-order valence-electron chi connectivity index (χ0n) is 16.2. The Balaban J connectivity index is 1.80. The maximum absolute atomic E-state index is 13.1. The summed E-state index contributed by atoms with van der Waals surface area (Å²) >= 11 is 14.7.